The minimum atomic E-state index is -0.185. The van der Waals surface area contributed by atoms with Gasteiger partial charge in [0.15, 0.2) is 0 Å². The maximum atomic E-state index is 11.9. The third-order valence-electron chi connectivity index (χ3n) is 4.06. The topological polar surface area (TPSA) is 66.0 Å². The van der Waals surface area contributed by atoms with Gasteiger partial charge in [-0.1, -0.05) is 54.6 Å². The maximum Gasteiger partial charge on any atom is 0.272 e. The van der Waals surface area contributed by atoms with Gasteiger partial charge >= 0.3 is 0 Å². The van der Waals surface area contributed by atoms with Crippen LogP contribution in [0.5, 0.6) is 5.75 Å². The highest BCUT2D eigenvalue weighted by molar-refractivity contribution is 5.93. The smallest absolute Gasteiger partial charge is 0.272 e. The molecule has 0 aliphatic heterocycles. The maximum absolute atomic E-state index is 11.9. The molecule has 0 atom stereocenters. The van der Waals surface area contributed by atoms with Crippen LogP contribution in [0.25, 0.3) is 33.2 Å². The van der Waals surface area contributed by atoms with Gasteiger partial charge in [0.2, 0.25) is 0 Å². The summed E-state index contributed by atoms with van der Waals surface area (Å²) in [5.41, 5.74) is 3.58. The Morgan fingerprint density at radius 3 is 1.92 bits per heavy atom. The van der Waals surface area contributed by atoms with Crippen molar-refractivity contribution in [1.82, 2.24) is 10.2 Å². The molecule has 4 aromatic rings. The predicted octanol–water partition coefficient (Wildman–Crippen LogP) is 3.96. The van der Waals surface area contributed by atoms with Gasteiger partial charge in [-0.2, -0.15) is 5.10 Å². The number of hydrogen-bond acceptors (Lipinski definition) is 3. The number of rotatable bonds is 2. The van der Waals surface area contributed by atoms with E-state index >= 15 is 0 Å². The lowest BCUT2D eigenvalue weighted by Gasteiger charge is -2.07. The molecule has 2 N–H and O–H groups in total. The van der Waals surface area contributed by atoms with Crippen LogP contribution in [0.4, 0.5) is 0 Å². The third kappa shape index (κ3) is 2.44. The van der Waals surface area contributed by atoms with Gasteiger partial charge in [-0.3, -0.25) is 4.79 Å². The highest BCUT2D eigenvalue weighted by Gasteiger charge is 2.08. The second-order valence-corrected chi connectivity index (χ2v) is 5.57. The van der Waals surface area contributed by atoms with E-state index < -0.39 is 0 Å². The van der Waals surface area contributed by atoms with E-state index in [1.165, 1.54) is 0 Å². The molecule has 0 saturated carbocycles. The summed E-state index contributed by atoms with van der Waals surface area (Å²) in [6, 6.07) is 22.5. The number of aromatic nitrogens is 2. The SMILES string of the molecule is O=c1[nH]nc(-c2ccc(-c3ccc(O)cc3)cc2)c2ccccc12. The molecule has 0 saturated heterocycles. The molecule has 0 aliphatic rings. The molecule has 4 nitrogen and oxygen atoms in total. The summed E-state index contributed by atoms with van der Waals surface area (Å²) in [6.07, 6.45) is 0. The van der Waals surface area contributed by atoms with Crippen LogP contribution >= 0.6 is 0 Å². The molecule has 0 bridgehead atoms. The molecule has 4 rings (SSSR count). The average molecular weight is 314 g/mol. The van der Waals surface area contributed by atoms with E-state index in [-0.39, 0.29) is 11.3 Å². The summed E-state index contributed by atoms with van der Waals surface area (Å²) < 4.78 is 0. The van der Waals surface area contributed by atoms with Crippen molar-refractivity contribution in [2.24, 2.45) is 0 Å². The molecule has 0 unspecified atom stereocenters. The van der Waals surface area contributed by atoms with Crippen molar-refractivity contribution >= 4 is 10.8 Å². The Balaban J connectivity index is 1.80. The highest BCUT2D eigenvalue weighted by atomic mass is 16.3. The number of nitrogens with zero attached hydrogens (tertiary/aromatic N) is 1. The fourth-order valence-corrected chi connectivity index (χ4v) is 2.81. The molecule has 4 heteroatoms. The minimum Gasteiger partial charge on any atom is -0.508 e. The lowest BCUT2D eigenvalue weighted by molar-refractivity contribution is 0.475. The molecule has 24 heavy (non-hydrogen) atoms. The number of H-pyrrole nitrogens is 1. The van der Waals surface area contributed by atoms with Crippen molar-refractivity contribution < 1.29 is 5.11 Å². The van der Waals surface area contributed by atoms with E-state index in [2.05, 4.69) is 10.2 Å². The fraction of sp³-hybridized carbons (Fsp3) is 0. The minimum absolute atomic E-state index is 0.185. The number of phenols is 1. The molecule has 3 aromatic carbocycles. The van der Waals surface area contributed by atoms with Crippen molar-refractivity contribution in [1.29, 1.82) is 0 Å². The Morgan fingerprint density at radius 2 is 1.25 bits per heavy atom. The first-order valence-corrected chi connectivity index (χ1v) is 7.60. The number of fused-ring (bicyclic) bond motifs is 1. The number of benzene rings is 3. The molecule has 0 spiro atoms. The van der Waals surface area contributed by atoms with Gasteiger partial charge in [0.05, 0.1) is 11.1 Å². The normalized spacial score (nSPS) is 10.8. The lowest BCUT2D eigenvalue weighted by atomic mass is 10.0. The summed E-state index contributed by atoms with van der Waals surface area (Å²) in [4.78, 5) is 11.9. The second-order valence-electron chi connectivity index (χ2n) is 5.57. The summed E-state index contributed by atoms with van der Waals surface area (Å²) in [5.74, 6) is 0.249. The Labute approximate surface area is 138 Å². The number of hydrogen-bond donors (Lipinski definition) is 2. The second kappa shape index (κ2) is 5.66. The van der Waals surface area contributed by atoms with E-state index in [1.54, 1.807) is 18.2 Å². The average Bonchev–Trinajstić information content (AvgIpc) is 2.63. The Kier molecular flexibility index (Phi) is 3.35. The third-order valence-corrected chi connectivity index (χ3v) is 4.06. The van der Waals surface area contributed by atoms with Crippen LogP contribution in [0.2, 0.25) is 0 Å². The van der Waals surface area contributed by atoms with Gasteiger partial charge in [0, 0.05) is 10.9 Å². The van der Waals surface area contributed by atoms with Gasteiger partial charge in [0.1, 0.15) is 5.75 Å². The van der Waals surface area contributed by atoms with Crippen LogP contribution in [0, 0.1) is 0 Å². The van der Waals surface area contributed by atoms with E-state index in [0.717, 1.165) is 27.8 Å². The first-order chi connectivity index (χ1) is 11.7. The van der Waals surface area contributed by atoms with Crippen LogP contribution in [-0.2, 0) is 0 Å². The van der Waals surface area contributed by atoms with Crippen molar-refractivity contribution in [3.63, 3.8) is 0 Å². The number of nitrogens with one attached hydrogen (secondary N) is 1. The molecule has 1 aromatic heterocycles. The molecule has 0 amide bonds. The summed E-state index contributed by atoms with van der Waals surface area (Å²) in [6.45, 7) is 0. The van der Waals surface area contributed by atoms with Crippen LogP contribution in [0.3, 0.4) is 0 Å². The number of phenolic OH excluding ortho intramolecular Hbond substituents is 1. The summed E-state index contributed by atoms with van der Waals surface area (Å²) in [5, 5.41) is 17.6. The van der Waals surface area contributed by atoms with Gasteiger partial charge in [-0.05, 0) is 29.3 Å². The van der Waals surface area contributed by atoms with Crippen LogP contribution in [-0.4, -0.2) is 15.3 Å². The van der Waals surface area contributed by atoms with Gasteiger partial charge in [0.25, 0.3) is 5.56 Å². The molecular weight excluding hydrogens is 300 g/mol. The molecule has 0 fully saturated rings. The quantitative estimate of drug-likeness (QED) is 0.588. The Morgan fingerprint density at radius 1 is 0.708 bits per heavy atom. The standard InChI is InChI=1S/C20H14N2O2/c23-16-11-9-14(10-12-16)13-5-7-15(8-6-13)19-17-3-1-2-4-18(17)20(24)22-21-19/h1-12,23H,(H,22,24). The van der Waals surface area contributed by atoms with Crippen molar-refractivity contribution in [2.75, 3.05) is 0 Å². The highest BCUT2D eigenvalue weighted by Crippen LogP contribution is 2.27. The van der Waals surface area contributed by atoms with Crippen LogP contribution in [0.1, 0.15) is 0 Å². The lowest BCUT2D eigenvalue weighted by Crippen LogP contribution is -2.09. The number of aromatic amines is 1. The summed E-state index contributed by atoms with van der Waals surface area (Å²) >= 11 is 0. The van der Waals surface area contributed by atoms with Crippen molar-refractivity contribution in [3.8, 4) is 28.1 Å². The number of aromatic hydroxyl groups is 1. The zero-order chi connectivity index (χ0) is 16.5. The van der Waals surface area contributed by atoms with E-state index in [4.69, 9.17) is 0 Å². The molecule has 1 heterocycles. The zero-order valence-corrected chi connectivity index (χ0v) is 12.7. The zero-order valence-electron chi connectivity index (χ0n) is 12.7. The van der Waals surface area contributed by atoms with Crippen LogP contribution in [0.15, 0.2) is 77.6 Å². The van der Waals surface area contributed by atoms with Gasteiger partial charge in [-0.25, -0.2) is 5.10 Å². The Bertz CT molecular complexity index is 1070. The predicted molar refractivity (Wildman–Crippen MR) is 94.9 cm³/mol. The van der Waals surface area contributed by atoms with Gasteiger partial charge in [-0.15, -0.1) is 0 Å². The first kappa shape index (κ1) is 14.2. The van der Waals surface area contributed by atoms with E-state index in [9.17, 15) is 9.90 Å². The summed E-state index contributed by atoms with van der Waals surface area (Å²) in [7, 11) is 0. The monoisotopic (exact) mass is 314 g/mol. The molecule has 116 valence electrons. The first-order valence-electron chi connectivity index (χ1n) is 7.60. The molecule has 0 radical (unpaired) electrons. The van der Waals surface area contributed by atoms with Crippen LogP contribution < -0.4 is 5.56 Å². The van der Waals surface area contributed by atoms with Crippen molar-refractivity contribution in [3.05, 3.63) is 83.2 Å². The molecule has 0 aliphatic carbocycles. The molecular formula is C20H14N2O2. The van der Waals surface area contributed by atoms with E-state index in [0.29, 0.717) is 5.39 Å². The van der Waals surface area contributed by atoms with Crippen molar-refractivity contribution in [2.45, 2.75) is 0 Å². The Hall–Kier alpha value is -3.40. The fourth-order valence-electron chi connectivity index (χ4n) is 2.81. The largest absolute Gasteiger partial charge is 0.508 e. The van der Waals surface area contributed by atoms with E-state index in [1.807, 2.05) is 54.6 Å². The van der Waals surface area contributed by atoms with Gasteiger partial charge < -0.3 is 5.11 Å².